The fraction of sp³-hybridized carbons (Fsp3) is 0. The molecule has 8 heteroatoms. The van der Waals surface area contributed by atoms with Crippen LogP contribution in [0.5, 0.6) is 0 Å². The van der Waals surface area contributed by atoms with Crippen molar-refractivity contribution in [2.45, 2.75) is 0 Å². The van der Waals surface area contributed by atoms with Crippen molar-refractivity contribution < 1.29 is 9.18 Å². The number of nitrogens with zero attached hydrogens (tertiary/aromatic N) is 3. The van der Waals surface area contributed by atoms with E-state index in [1.165, 1.54) is 12.1 Å². The minimum atomic E-state index is -0.668. The van der Waals surface area contributed by atoms with Gasteiger partial charge in [0.2, 0.25) is 0 Å². The van der Waals surface area contributed by atoms with Crippen molar-refractivity contribution in [3.63, 3.8) is 0 Å². The van der Waals surface area contributed by atoms with Gasteiger partial charge in [0.05, 0.1) is 5.69 Å². The number of nitrogen functional groups attached to an aromatic ring is 1. The van der Waals surface area contributed by atoms with Gasteiger partial charge in [-0.3, -0.25) is 4.79 Å². The third-order valence-corrected chi connectivity index (χ3v) is 1.79. The molecule has 0 radical (unpaired) electrons. The van der Waals surface area contributed by atoms with Gasteiger partial charge in [-0.25, -0.2) is 4.39 Å². The fourth-order valence-electron chi connectivity index (χ4n) is 1.07. The second-order valence-corrected chi connectivity index (χ2v) is 2.93. The van der Waals surface area contributed by atoms with Gasteiger partial charge < -0.3 is 11.1 Å². The Morgan fingerprint density at radius 2 is 2.31 bits per heavy atom. The van der Waals surface area contributed by atoms with Crippen molar-refractivity contribution >= 4 is 17.3 Å². The van der Waals surface area contributed by atoms with E-state index in [0.29, 0.717) is 5.69 Å². The smallest absolute Gasteiger partial charge is 0.297 e. The molecule has 0 fully saturated rings. The lowest BCUT2D eigenvalue weighted by Crippen LogP contribution is -2.15. The van der Waals surface area contributed by atoms with E-state index >= 15 is 0 Å². The quantitative estimate of drug-likeness (QED) is 0.627. The Kier molecular flexibility index (Phi) is 2.46. The van der Waals surface area contributed by atoms with Crippen molar-refractivity contribution in [3.8, 4) is 0 Å². The van der Waals surface area contributed by atoms with Crippen LogP contribution >= 0.6 is 0 Å². The summed E-state index contributed by atoms with van der Waals surface area (Å²) in [7, 11) is 0. The number of anilines is 2. The van der Waals surface area contributed by atoms with E-state index in [1.54, 1.807) is 0 Å². The SMILES string of the molecule is Nc1ccc(F)c(NC(=O)c2nn[nH]n2)c1. The molecule has 1 amide bonds. The summed E-state index contributed by atoms with van der Waals surface area (Å²) in [4.78, 5) is 11.4. The molecule has 0 aliphatic heterocycles. The molecule has 4 N–H and O–H groups in total. The van der Waals surface area contributed by atoms with E-state index in [-0.39, 0.29) is 11.5 Å². The average molecular weight is 222 g/mol. The minimum Gasteiger partial charge on any atom is -0.399 e. The average Bonchev–Trinajstić information content (AvgIpc) is 2.76. The summed E-state index contributed by atoms with van der Waals surface area (Å²) in [5.74, 6) is -1.44. The zero-order valence-corrected chi connectivity index (χ0v) is 7.94. The van der Waals surface area contributed by atoms with E-state index in [0.717, 1.165) is 6.07 Å². The van der Waals surface area contributed by atoms with Gasteiger partial charge in [-0.15, -0.1) is 10.2 Å². The molecule has 2 aromatic rings. The molecule has 0 bridgehead atoms. The van der Waals surface area contributed by atoms with Gasteiger partial charge in [0, 0.05) is 5.69 Å². The van der Waals surface area contributed by atoms with Crippen LogP contribution in [0.1, 0.15) is 10.6 Å². The molecule has 82 valence electrons. The van der Waals surface area contributed by atoms with Gasteiger partial charge >= 0.3 is 0 Å². The maximum atomic E-state index is 13.2. The zero-order valence-electron chi connectivity index (χ0n) is 7.94. The lowest BCUT2D eigenvalue weighted by molar-refractivity contribution is 0.101. The number of halogens is 1. The lowest BCUT2D eigenvalue weighted by Gasteiger charge is -2.04. The number of carbonyl (C=O) groups is 1. The molecule has 0 aliphatic carbocycles. The van der Waals surface area contributed by atoms with Crippen LogP contribution in [0.2, 0.25) is 0 Å². The van der Waals surface area contributed by atoms with Crippen molar-refractivity contribution in [1.82, 2.24) is 20.6 Å². The zero-order chi connectivity index (χ0) is 11.5. The van der Waals surface area contributed by atoms with Crippen LogP contribution in [-0.4, -0.2) is 26.5 Å². The molecule has 0 unspecified atom stereocenters. The molecule has 1 aromatic heterocycles. The molecule has 0 saturated heterocycles. The summed E-state index contributed by atoms with van der Waals surface area (Å²) in [6.45, 7) is 0. The van der Waals surface area contributed by atoms with Crippen LogP contribution in [0.4, 0.5) is 15.8 Å². The predicted molar refractivity (Wildman–Crippen MR) is 52.9 cm³/mol. The summed E-state index contributed by atoms with van der Waals surface area (Å²) in [5.41, 5.74) is 5.76. The topological polar surface area (TPSA) is 110 Å². The highest BCUT2D eigenvalue weighted by molar-refractivity contribution is 6.01. The summed E-state index contributed by atoms with van der Waals surface area (Å²) in [6, 6.07) is 3.84. The van der Waals surface area contributed by atoms with Crippen molar-refractivity contribution in [3.05, 3.63) is 29.8 Å². The third kappa shape index (κ3) is 1.95. The van der Waals surface area contributed by atoms with E-state index in [1.807, 2.05) is 0 Å². The number of nitrogens with one attached hydrogen (secondary N) is 2. The molecular weight excluding hydrogens is 215 g/mol. The van der Waals surface area contributed by atoms with Gasteiger partial charge in [0.15, 0.2) is 0 Å². The van der Waals surface area contributed by atoms with E-state index < -0.39 is 11.7 Å². The predicted octanol–water partition coefficient (Wildman–Crippen LogP) is 0.173. The number of nitrogens with two attached hydrogens (primary N) is 1. The Balaban J connectivity index is 2.21. The van der Waals surface area contributed by atoms with Gasteiger partial charge in [0.25, 0.3) is 11.7 Å². The van der Waals surface area contributed by atoms with Gasteiger partial charge in [-0.05, 0) is 23.4 Å². The molecule has 0 atom stereocenters. The highest BCUT2D eigenvalue weighted by Gasteiger charge is 2.13. The second-order valence-electron chi connectivity index (χ2n) is 2.93. The minimum absolute atomic E-state index is 0.0326. The highest BCUT2D eigenvalue weighted by atomic mass is 19.1. The fourth-order valence-corrected chi connectivity index (χ4v) is 1.07. The van der Waals surface area contributed by atoms with Crippen molar-refractivity contribution in [1.29, 1.82) is 0 Å². The molecule has 16 heavy (non-hydrogen) atoms. The van der Waals surface area contributed by atoms with Crippen LogP contribution in [-0.2, 0) is 0 Å². The maximum Gasteiger partial charge on any atom is 0.297 e. The summed E-state index contributed by atoms with van der Waals surface area (Å²) < 4.78 is 13.2. The number of carbonyl (C=O) groups excluding carboxylic acids is 1. The first-order valence-corrected chi connectivity index (χ1v) is 4.26. The first-order valence-electron chi connectivity index (χ1n) is 4.26. The molecule has 0 spiro atoms. The van der Waals surface area contributed by atoms with Crippen LogP contribution in [0.15, 0.2) is 18.2 Å². The molecule has 1 heterocycles. The Labute approximate surface area is 88.8 Å². The molecule has 0 aliphatic rings. The van der Waals surface area contributed by atoms with E-state index in [9.17, 15) is 9.18 Å². The third-order valence-electron chi connectivity index (χ3n) is 1.79. The number of hydrogen-bond donors (Lipinski definition) is 3. The number of amides is 1. The van der Waals surface area contributed by atoms with Gasteiger partial charge in [0.1, 0.15) is 5.82 Å². The molecule has 1 aromatic carbocycles. The first-order chi connectivity index (χ1) is 7.66. The number of H-pyrrole nitrogens is 1. The Hall–Kier alpha value is -2.51. The number of hydrogen-bond acceptors (Lipinski definition) is 5. The number of aromatic amines is 1. The molecule has 0 saturated carbocycles. The van der Waals surface area contributed by atoms with Crippen LogP contribution in [0.25, 0.3) is 0 Å². The van der Waals surface area contributed by atoms with E-state index in [4.69, 9.17) is 5.73 Å². The summed E-state index contributed by atoms with van der Waals surface area (Å²) in [5, 5.41) is 14.5. The number of aromatic nitrogens is 4. The standard InChI is InChI=1S/C8H7FN6O/c9-5-2-1-4(10)3-6(5)11-8(16)7-12-14-15-13-7/h1-3H,10H2,(H,11,16)(H,12,13,14,15). The van der Waals surface area contributed by atoms with Crippen LogP contribution < -0.4 is 11.1 Å². The monoisotopic (exact) mass is 222 g/mol. The summed E-state index contributed by atoms with van der Waals surface area (Å²) in [6.07, 6.45) is 0. The number of tetrazole rings is 1. The molecular formula is C8H7FN6O. The van der Waals surface area contributed by atoms with Crippen molar-refractivity contribution in [2.24, 2.45) is 0 Å². The number of benzene rings is 1. The first kappa shape index (κ1) is 10.0. The highest BCUT2D eigenvalue weighted by Crippen LogP contribution is 2.17. The molecule has 7 nitrogen and oxygen atoms in total. The van der Waals surface area contributed by atoms with Crippen LogP contribution in [0, 0.1) is 5.82 Å². The Bertz CT molecular complexity index is 511. The molecule has 2 rings (SSSR count). The largest absolute Gasteiger partial charge is 0.399 e. The van der Waals surface area contributed by atoms with E-state index in [2.05, 4.69) is 25.9 Å². The second kappa shape index (κ2) is 3.93. The normalized spacial score (nSPS) is 10.1. The Morgan fingerprint density at radius 3 is 3.00 bits per heavy atom. The Morgan fingerprint density at radius 1 is 1.50 bits per heavy atom. The van der Waals surface area contributed by atoms with Gasteiger partial charge in [-0.1, -0.05) is 0 Å². The van der Waals surface area contributed by atoms with Gasteiger partial charge in [-0.2, -0.15) is 5.21 Å². The lowest BCUT2D eigenvalue weighted by atomic mass is 10.2. The maximum absolute atomic E-state index is 13.2. The summed E-state index contributed by atoms with van der Waals surface area (Å²) >= 11 is 0. The van der Waals surface area contributed by atoms with Crippen molar-refractivity contribution in [2.75, 3.05) is 11.1 Å². The number of rotatable bonds is 2. The van der Waals surface area contributed by atoms with Crippen LogP contribution in [0.3, 0.4) is 0 Å².